The lowest BCUT2D eigenvalue weighted by Gasteiger charge is -2.23. The monoisotopic (exact) mass is 256 g/mol. The van der Waals surface area contributed by atoms with Gasteiger partial charge in [-0.3, -0.25) is 0 Å². The Morgan fingerprint density at radius 3 is 2.63 bits per heavy atom. The van der Waals surface area contributed by atoms with Crippen molar-refractivity contribution in [2.45, 2.75) is 6.61 Å². The SMILES string of the molecule is CN(c1ccccc1C#N)c1c(F)cccc1CO. The smallest absolute Gasteiger partial charge is 0.147 e. The van der Waals surface area contributed by atoms with Crippen molar-refractivity contribution in [1.29, 1.82) is 5.26 Å². The van der Waals surface area contributed by atoms with E-state index >= 15 is 0 Å². The minimum atomic E-state index is -0.429. The van der Waals surface area contributed by atoms with Gasteiger partial charge in [-0.25, -0.2) is 4.39 Å². The standard InChI is InChI=1S/C15H13FN2O/c1-18(14-8-3-2-5-11(14)9-17)15-12(10-19)6-4-7-13(15)16/h2-8,19H,10H2,1H3. The van der Waals surface area contributed by atoms with Crippen LogP contribution in [0.25, 0.3) is 0 Å². The van der Waals surface area contributed by atoms with Crippen LogP contribution >= 0.6 is 0 Å². The Labute approximate surface area is 111 Å². The molecule has 1 N–H and O–H groups in total. The van der Waals surface area contributed by atoms with Crippen molar-refractivity contribution >= 4 is 11.4 Å². The first kappa shape index (κ1) is 13.1. The van der Waals surface area contributed by atoms with Gasteiger partial charge in [0.25, 0.3) is 0 Å². The average Bonchev–Trinajstić information content (AvgIpc) is 2.46. The van der Waals surface area contributed by atoms with E-state index in [2.05, 4.69) is 6.07 Å². The van der Waals surface area contributed by atoms with E-state index in [0.717, 1.165) is 0 Å². The highest BCUT2D eigenvalue weighted by Gasteiger charge is 2.16. The van der Waals surface area contributed by atoms with Gasteiger partial charge in [-0.05, 0) is 18.2 Å². The zero-order valence-corrected chi connectivity index (χ0v) is 10.5. The lowest BCUT2D eigenvalue weighted by atomic mass is 10.1. The normalized spacial score (nSPS) is 10.0. The molecule has 3 nitrogen and oxygen atoms in total. The first-order chi connectivity index (χ1) is 9.19. The number of anilines is 2. The Hall–Kier alpha value is -2.38. The predicted molar refractivity (Wildman–Crippen MR) is 71.5 cm³/mol. The molecule has 0 atom stereocenters. The summed E-state index contributed by atoms with van der Waals surface area (Å²) in [5, 5.41) is 18.4. The van der Waals surface area contributed by atoms with Gasteiger partial charge in [0.15, 0.2) is 0 Å². The van der Waals surface area contributed by atoms with Gasteiger partial charge >= 0.3 is 0 Å². The summed E-state index contributed by atoms with van der Waals surface area (Å²) in [7, 11) is 1.67. The maximum absolute atomic E-state index is 14.0. The van der Waals surface area contributed by atoms with Crippen LogP contribution in [0.15, 0.2) is 42.5 Å². The molecule has 4 heteroatoms. The number of hydrogen-bond acceptors (Lipinski definition) is 3. The minimum absolute atomic E-state index is 0.258. The second-order valence-electron chi connectivity index (χ2n) is 4.09. The molecule has 2 aromatic carbocycles. The van der Waals surface area contributed by atoms with Crippen molar-refractivity contribution in [2.24, 2.45) is 0 Å². The topological polar surface area (TPSA) is 47.3 Å². The van der Waals surface area contributed by atoms with Gasteiger partial charge in [-0.1, -0.05) is 24.3 Å². The molecule has 0 saturated carbocycles. The van der Waals surface area contributed by atoms with Crippen molar-refractivity contribution < 1.29 is 9.50 Å². The number of nitrogens with zero attached hydrogens (tertiary/aromatic N) is 2. The van der Waals surface area contributed by atoms with Crippen LogP contribution in [0.3, 0.4) is 0 Å². The molecule has 0 saturated heterocycles. The largest absolute Gasteiger partial charge is 0.392 e. The van der Waals surface area contributed by atoms with Crippen LogP contribution in [-0.4, -0.2) is 12.2 Å². The zero-order valence-electron chi connectivity index (χ0n) is 10.5. The van der Waals surface area contributed by atoms with E-state index in [-0.39, 0.29) is 12.3 Å². The van der Waals surface area contributed by atoms with E-state index in [1.165, 1.54) is 6.07 Å². The van der Waals surface area contributed by atoms with Crippen molar-refractivity contribution in [3.8, 4) is 6.07 Å². The molecule has 0 amide bonds. The third kappa shape index (κ3) is 2.42. The molecule has 2 aromatic rings. The molecule has 0 unspecified atom stereocenters. The highest BCUT2D eigenvalue weighted by molar-refractivity contribution is 5.71. The maximum atomic E-state index is 14.0. The molecule has 0 heterocycles. The van der Waals surface area contributed by atoms with Gasteiger partial charge in [-0.2, -0.15) is 5.26 Å². The summed E-state index contributed by atoms with van der Waals surface area (Å²) in [5.74, 6) is -0.429. The summed E-state index contributed by atoms with van der Waals surface area (Å²) in [6, 6.07) is 13.6. The van der Waals surface area contributed by atoms with E-state index in [9.17, 15) is 9.50 Å². The van der Waals surface area contributed by atoms with Gasteiger partial charge in [-0.15, -0.1) is 0 Å². The Kier molecular flexibility index (Phi) is 3.79. The van der Waals surface area contributed by atoms with E-state index < -0.39 is 5.82 Å². The van der Waals surface area contributed by atoms with Crippen molar-refractivity contribution in [2.75, 3.05) is 11.9 Å². The fourth-order valence-electron chi connectivity index (χ4n) is 2.04. The molecule has 0 aliphatic carbocycles. The zero-order chi connectivity index (χ0) is 13.8. The highest BCUT2D eigenvalue weighted by Crippen LogP contribution is 2.31. The first-order valence-corrected chi connectivity index (χ1v) is 5.80. The van der Waals surface area contributed by atoms with Crippen molar-refractivity contribution in [3.05, 3.63) is 59.4 Å². The van der Waals surface area contributed by atoms with Crippen molar-refractivity contribution in [1.82, 2.24) is 0 Å². The number of rotatable bonds is 3. The third-order valence-electron chi connectivity index (χ3n) is 2.96. The molecule has 96 valence electrons. The molecule has 0 aromatic heterocycles. The van der Waals surface area contributed by atoms with Crippen LogP contribution in [0.1, 0.15) is 11.1 Å². The maximum Gasteiger partial charge on any atom is 0.147 e. The lowest BCUT2D eigenvalue weighted by molar-refractivity contribution is 0.281. The molecule has 0 aliphatic heterocycles. The Morgan fingerprint density at radius 2 is 1.95 bits per heavy atom. The number of para-hydroxylation sites is 2. The molecule has 2 rings (SSSR count). The average molecular weight is 256 g/mol. The minimum Gasteiger partial charge on any atom is -0.392 e. The summed E-state index contributed by atoms with van der Waals surface area (Å²) in [4.78, 5) is 1.58. The van der Waals surface area contributed by atoms with Crippen LogP contribution in [0, 0.1) is 17.1 Å². The molecular weight excluding hydrogens is 243 g/mol. The number of aliphatic hydroxyl groups is 1. The Balaban J connectivity index is 2.57. The van der Waals surface area contributed by atoms with Gasteiger partial charge in [0, 0.05) is 12.6 Å². The van der Waals surface area contributed by atoms with Crippen LogP contribution in [0.4, 0.5) is 15.8 Å². The van der Waals surface area contributed by atoms with Gasteiger partial charge in [0.1, 0.15) is 11.9 Å². The van der Waals surface area contributed by atoms with Crippen LogP contribution in [-0.2, 0) is 6.61 Å². The molecule has 0 fully saturated rings. The van der Waals surface area contributed by atoms with Crippen LogP contribution < -0.4 is 4.90 Å². The first-order valence-electron chi connectivity index (χ1n) is 5.80. The molecule has 0 radical (unpaired) electrons. The lowest BCUT2D eigenvalue weighted by Crippen LogP contribution is -2.15. The van der Waals surface area contributed by atoms with E-state index in [0.29, 0.717) is 16.8 Å². The van der Waals surface area contributed by atoms with Crippen LogP contribution in [0.2, 0.25) is 0 Å². The molecule has 0 aliphatic rings. The number of hydrogen-bond donors (Lipinski definition) is 1. The molecule has 0 bridgehead atoms. The van der Waals surface area contributed by atoms with E-state index in [4.69, 9.17) is 5.26 Å². The van der Waals surface area contributed by atoms with Crippen molar-refractivity contribution in [3.63, 3.8) is 0 Å². The second kappa shape index (κ2) is 5.51. The predicted octanol–water partition coefficient (Wildman–Crippen LogP) is 2.96. The summed E-state index contributed by atoms with van der Waals surface area (Å²) in [6.07, 6.45) is 0. The third-order valence-corrected chi connectivity index (χ3v) is 2.96. The summed E-state index contributed by atoms with van der Waals surface area (Å²) in [6.45, 7) is -0.258. The molecule has 0 spiro atoms. The Morgan fingerprint density at radius 1 is 1.21 bits per heavy atom. The number of aliphatic hydroxyl groups excluding tert-OH is 1. The number of nitriles is 1. The fraction of sp³-hybridized carbons (Fsp3) is 0.133. The van der Waals surface area contributed by atoms with Crippen LogP contribution in [0.5, 0.6) is 0 Å². The summed E-state index contributed by atoms with van der Waals surface area (Å²) in [5.41, 5.74) is 1.82. The molecular formula is C15H13FN2O. The Bertz CT molecular complexity index is 634. The van der Waals surface area contributed by atoms with E-state index in [1.807, 2.05) is 0 Å². The second-order valence-corrected chi connectivity index (χ2v) is 4.09. The van der Waals surface area contributed by atoms with Gasteiger partial charge in [0.05, 0.1) is 23.5 Å². The summed E-state index contributed by atoms with van der Waals surface area (Å²) < 4.78 is 14.0. The van der Waals surface area contributed by atoms with Gasteiger partial charge < -0.3 is 10.0 Å². The fourth-order valence-corrected chi connectivity index (χ4v) is 2.04. The molecule has 19 heavy (non-hydrogen) atoms. The highest BCUT2D eigenvalue weighted by atomic mass is 19.1. The quantitative estimate of drug-likeness (QED) is 0.918. The number of benzene rings is 2. The van der Waals surface area contributed by atoms with E-state index in [1.54, 1.807) is 48.3 Å². The number of halogens is 1. The summed E-state index contributed by atoms with van der Waals surface area (Å²) >= 11 is 0. The van der Waals surface area contributed by atoms with Gasteiger partial charge in [0.2, 0.25) is 0 Å².